The lowest BCUT2D eigenvalue weighted by atomic mass is 9.95. The van der Waals surface area contributed by atoms with E-state index in [1.807, 2.05) is 0 Å². The lowest BCUT2D eigenvalue weighted by molar-refractivity contribution is 0.102. The first-order chi connectivity index (χ1) is 10.4. The van der Waals surface area contributed by atoms with Crippen molar-refractivity contribution in [2.45, 2.75) is 0 Å². The molecule has 0 aromatic heterocycles. The highest BCUT2D eigenvalue weighted by molar-refractivity contribution is 9.09. The molecule has 3 rings (SSSR count). The Kier molecular flexibility index (Phi) is 4.59. The topological polar surface area (TPSA) is 17.1 Å². The van der Waals surface area contributed by atoms with Gasteiger partial charge in [0, 0.05) is 31.4 Å². The molecule has 0 heterocycles. The van der Waals surface area contributed by atoms with Crippen molar-refractivity contribution in [3.8, 4) is 0 Å². The van der Waals surface area contributed by atoms with Crippen LogP contribution in [-0.4, -0.2) is 11.1 Å². The molecule has 0 saturated heterocycles. The Labute approximate surface area is 155 Å². The first-order valence-corrected chi connectivity index (χ1v) is 8.85. The molecule has 0 radical (unpaired) electrons. The lowest BCUT2D eigenvalue weighted by Gasteiger charge is -2.12. The highest BCUT2D eigenvalue weighted by Gasteiger charge is 2.17. The van der Waals surface area contributed by atoms with Gasteiger partial charge in [0.2, 0.25) is 0 Å². The number of benzene rings is 3. The van der Waals surface area contributed by atoms with Gasteiger partial charge < -0.3 is 0 Å². The van der Waals surface area contributed by atoms with Crippen molar-refractivity contribution in [2.75, 3.05) is 5.33 Å². The molecule has 3 aromatic rings. The van der Waals surface area contributed by atoms with Crippen LogP contribution < -0.4 is 0 Å². The van der Waals surface area contributed by atoms with Gasteiger partial charge in [0.25, 0.3) is 0 Å². The molecule has 0 unspecified atom stereocenters. The minimum Gasteiger partial charge on any atom is -0.293 e. The van der Waals surface area contributed by atoms with Crippen molar-refractivity contribution in [2.24, 2.45) is 0 Å². The predicted molar refractivity (Wildman–Crippen MR) is 99.6 cm³/mol. The van der Waals surface area contributed by atoms with Gasteiger partial charge in [0.05, 0.1) is 10.4 Å². The molecule has 0 spiro atoms. The van der Waals surface area contributed by atoms with E-state index < -0.39 is 0 Å². The van der Waals surface area contributed by atoms with Crippen LogP contribution in [-0.2, 0) is 0 Å². The summed E-state index contributed by atoms with van der Waals surface area (Å²) in [4.78, 5) is 12.3. The minimum atomic E-state index is -0.0729. The highest BCUT2D eigenvalue weighted by Crippen LogP contribution is 2.40. The molecule has 22 heavy (non-hydrogen) atoms. The summed E-state index contributed by atoms with van der Waals surface area (Å²) in [5.74, 6) is -0.0729. The minimum absolute atomic E-state index is 0.0729. The molecule has 0 saturated carbocycles. The van der Waals surface area contributed by atoms with E-state index in [0.717, 1.165) is 16.2 Å². The van der Waals surface area contributed by atoms with Crippen molar-refractivity contribution in [1.29, 1.82) is 0 Å². The third-order valence-electron chi connectivity index (χ3n) is 3.42. The lowest BCUT2D eigenvalue weighted by Crippen LogP contribution is -2.02. The molecule has 0 N–H and O–H groups in total. The average Bonchev–Trinajstić information content (AvgIpc) is 2.44. The Morgan fingerprint density at radius 1 is 0.818 bits per heavy atom. The van der Waals surface area contributed by atoms with Crippen LogP contribution in [0.3, 0.4) is 0 Å². The van der Waals surface area contributed by atoms with Gasteiger partial charge in [-0.2, -0.15) is 0 Å². The van der Waals surface area contributed by atoms with Crippen molar-refractivity contribution in [3.05, 3.63) is 56.0 Å². The van der Waals surface area contributed by atoms with Crippen molar-refractivity contribution < 1.29 is 4.79 Å². The highest BCUT2D eigenvalue weighted by atomic mass is 79.9. The number of hydrogen-bond donors (Lipinski definition) is 0. The number of ketones is 1. The second kappa shape index (κ2) is 6.18. The monoisotopic (exact) mass is 434 g/mol. The van der Waals surface area contributed by atoms with Crippen LogP contribution in [0, 0.1) is 0 Å². The fraction of sp³-hybridized carbons (Fsp3) is 0.0625. The van der Waals surface area contributed by atoms with Gasteiger partial charge in [-0.25, -0.2) is 0 Å². The summed E-state index contributed by atoms with van der Waals surface area (Å²) >= 11 is 28.1. The number of carbonyl (C=O) groups excluding carboxylic acids is 1. The first kappa shape index (κ1) is 16.4. The molecular weight excluding hydrogens is 430 g/mol. The SMILES string of the molecule is O=C(CBr)c1cc2c(Cl)cc(Cl)cc2c2c(Cl)cc(Cl)cc12. The van der Waals surface area contributed by atoms with Crippen LogP contribution in [0.5, 0.6) is 0 Å². The third-order valence-corrected chi connectivity index (χ3v) is 4.98. The zero-order valence-electron chi connectivity index (χ0n) is 10.9. The molecule has 0 atom stereocenters. The fourth-order valence-electron chi connectivity index (χ4n) is 2.52. The zero-order valence-corrected chi connectivity index (χ0v) is 15.5. The first-order valence-electron chi connectivity index (χ1n) is 6.22. The van der Waals surface area contributed by atoms with E-state index in [1.165, 1.54) is 0 Å². The van der Waals surface area contributed by atoms with E-state index in [9.17, 15) is 4.79 Å². The molecule has 3 aromatic carbocycles. The smallest absolute Gasteiger partial charge is 0.174 e. The summed E-state index contributed by atoms with van der Waals surface area (Å²) in [7, 11) is 0. The largest absolute Gasteiger partial charge is 0.293 e. The van der Waals surface area contributed by atoms with Crippen LogP contribution in [0.4, 0.5) is 0 Å². The van der Waals surface area contributed by atoms with Gasteiger partial charge in [-0.1, -0.05) is 62.3 Å². The number of halogens is 5. The van der Waals surface area contributed by atoms with E-state index in [-0.39, 0.29) is 11.1 Å². The van der Waals surface area contributed by atoms with Crippen molar-refractivity contribution in [1.82, 2.24) is 0 Å². The summed E-state index contributed by atoms with van der Waals surface area (Å²) in [6, 6.07) is 8.55. The van der Waals surface area contributed by atoms with Gasteiger partial charge >= 0.3 is 0 Å². The molecule has 0 fully saturated rings. The summed E-state index contributed by atoms with van der Waals surface area (Å²) in [6.45, 7) is 0. The Balaban J connectivity index is 2.62. The Hall–Kier alpha value is -0.510. The second-order valence-electron chi connectivity index (χ2n) is 4.77. The molecule has 0 aliphatic heterocycles. The Morgan fingerprint density at radius 2 is 1.41 bits per heavy atom. The summed E-state index contributed by atoms with van der Waals surface area (Å²) < 4.78 is 0. The van der Waals surface area contributed by atoms with Crippen LogP contribution in [0.1, 0.15) is 10.4 Å². The molecule has 0 amide bonds. The number of hydrogen-bond acceptors (Lipinski definition) is 1. The normalized spacial score (nSPS) is 11.3. The van der Waals surface area contributed by atoms with Gasteiger partial charge in [0.1, 0.15) is 0 Å². The van der Waals surface area contributed by atoms with Crippen LogP contribution >= 0.6 is 62.3 Å². The maximum absolute atomic E-state index is 12.3. The summed E-state index contributed by atoms with van der Waals surface area (Å²) in [6.07, 6.45) is 0. The number of rotatable bonds is 2. The zero-order chi connectivity index (χ0) is 16.0. The maximum atomic E-state index is 12.3. The standard InChI is InChI=1S/C16H7BrCl4O/c17-6-15(22)10-5-9-11(1-7(18)3-13(9)20)16-12(10)2-8(19)4-14(16)21/h1-5H,6H2. The van der Waals surface area contributed by atoms with Crippen molar-refractivity contribution >= 4 is 89.7 Å². The maximum Gasteiger partial charge on any atom is 0.174 e. The van der Waals surface area contributed by atoms with Gasteiger partial charge in [-0.05, 0) is 41.1 Å². The van der Waals surface area contributed by atoms with Crippen LogP contribution in [0.15, 0.2) is 30.3 Å². The van der Waals surface area contributed by atoms with E-state index in [2.05, 4.69) is 15.9 Å². The molecule has 1 nitrogen and oxygen atoms in total. The van der Waals surface area contributed by atoms with E-state index in [1.54, 1.807) is 30.3 Å². The van der Waals surface area contributed by atoms with Crippen molar-refractivity contribution in [3.63, 3.8) is 0 Å². The van der Waals surface area contributed by atoms with Crippen LogP contribution in [0.2, 0.25) is 20.1 Å². The predicted octanol–water partition coefficient (Wildman–Crippen LogP) is 7.18. The van der Waals surface area contributed by atoms with Gasteiger partial charge in [0.15, 0.2) is 5.78 Å². The average molecular weight is 437 g/mol. The number of fused-ring (bicyclic) bond motifs is 3. The molecule has 0 aliphatic carbocycles. The number of Topliss-reactive ketones (excluding diaryl/α,β-unsaturated/α-hetero) is 1. The molecule has 112 valence electrons. The quantitative estimate of drug-likeness (QED) is 0.236. The van der Waals surface area contributed by atoms with Gasteiger partial charge in [-0.3, -0.25) is 4.79 Å². The van der Waals surface area contributed by atoms with Gasteiger partial charge in [-0.15, -0.1) is 0 Å². The molecule has 6 heteroatoms. The molecule has 0 aliphatic rings. The van der Waals surface area contributed by atoms with E-state index >= 15 is 0 Å². The molecule has 0 bridgehead atoms. The fourth-order valence-corrected chi connectivity index (χ4v) is 3.97. The third kappa shape index (κ3) is 2.72. The van der Waals surface area contributed by atoms with Crippen LogP contribution in [0.25, 0.3) is 21.5 Å². The summed E-state index contributed by atoms with van der Waals surface area (Å²) in [5.41, 5.74) is 0.521. The van der Waals surface area contributed by atoms with E-state index in [0.29, 0.717) is 31.0 Å². The van der Waals surface area contributed by atoms with E-state index in [4.69, 9.17) is 46.4 Å². The summed E-state index contributed by atoms with van der Waals surface area (Å²) in [5, 5.41) is 5.02. The number of carbonyl (C=O) groups is 1. The molecular formula is C16H7BrCl4O. The Morgan fingerprint density at radius 3 is 2.05 bits per heavy atom. The number of alkyl halides is 1. The second-order valence-corrected chi connectivity index (χ2v) is 7.02. The Bertz CT molecular complexity index is 937.